The number of carbonyl (C=O) groups excluding carboxylic acids is 1. The van der Waals surface area contributed by atoms with Gasteiger partial charge in [-0.2, -0.15) is 0 Å². The standard InChI is InChI=1S/C16H21NO/c1-16(9-2-3-10-16)15(18)13-8-4-6-12-7-5-11-17-14(12)13/h5,7,11,13H,2-4,6,8-10H2,1H3. The van der Waals surface area contributed by atoms with E-state index in [-0.39, 0.29) is 11.3 Å². The zero-order valence-electron chi connectivity index (χ0n) is 11.1. The zero-order chi connectivity index (χ0) is 12.6. The van der Waals surface area contributed by atoms with Crippen LogP contribution in [0.2, 0.25) is 0 Å². The van der Waals surface area contributed by atoms with E-state index in [2.05, 4.69) is 18.0 Å². The van der Waals surface area contributed by atoms with Gasteiger partial charge in [-0.25, -0.2) is 0 Å². The van der Waals surface area contributed by atoms with Crippen LogP contribution >= 0.6 is 0 Å². The van der Waals surface area contributed by atoms with Crippen molar-refractivity contribution in [3.63, 3.8) is 0 Å². The molecule has 3 rings (SSSR count). The third-order valence-electron chi connectivity index (χ3n) is 4.81. The van der Waals surface area contributed by atoms with Crippen molar-refractivity contribution < 1.29 is 4.79 Å². The number of carbonyl (C=O) groups is 1. The van der Waals surface area contributed by atoms with E-state index in [1.54, 1.807) is 0 Å². The molecule has 1 aromatic rings. The molecule has 2 aliphatic carbocycles. The molecule has 2 aliphatic rings. The molecule has 0 N–H and O–H groups in total. The number of ketones is 1. The monoisotopic (exact) mass is 243 g/mol. The molecule has 1 fully saturated rings. The molecule has 1 atom stereocenters. The summed E-state index contributed by atoms with van der Waals surface area (Å²) in [4.78, 5) is 17.3. The van der Waals surface area contributed by atoms with Crippen molar-refractivity contribution in [2.24, 2.45) is 5.41 Å². The number of rotatable bonds is 2. The minimum atomic E-state index is -0.0726. The van der Waals surface area contributed by atoms with Crippen LogP contribution in [0.15, 0.2) is 18.3 Å². The van der Waals surface area contributed by atoms with Crippen LogP contribution in [0.25, 0.3) is 0 Å². The summed E-state index contributed by atoms with van der Waals surface area (Å²) in [6.07, 6.45) is 9.62. The summed E-state index contributed by atoms with van der Waals surface area (Å²) in [6.45, 7) is 2.17. The molecule has 0 bridgehead atoms. The highest BCUT2D eigenvalue weighted by Crippen LogP contribution is 2.44. The van der Waals surface area contributed by atoms with E-state index in [1.165, 1.54) is 18.4 Å². The molecule has 2 nitrogen and oxygen atoms in total. The normalized spacial score (nSPS) is 25.7. The average Bonchev–Trinajstić information content (AvgIpc) is 2.85. The predicted octanol–water partition coefficient (Wildman–Crippen LogP) is 3.65. The van der Waals surface area contributed by atoms with Crippen molar-refractivity contribution in [2.45, 2.75) is 57.8 Å². The third kappa shape index (κ3) is 1.88. The van der Waals surface area contributed by atoms with Crippen molar-refractivity contribution in [1.82, 2.24) is 4.98 Å². The minimum Gasteiger partial charge on any atom is -0.298 e. The third-order valence-corrected chi connectivity index (χ3v) is 4.81. The number of aryl methyl sites for hydroxylation is 1. The average molecular weight is 243 g/mol. The number of pyridine rings is 1. The smallest absolute Gasteiger partial charge is 0.147 e. The van der Waals surface area contributed by atoms with Crippen LogP contribution in [0, 0.1) is 5.41 Å². The second-order valence-electron chi connectivity index (χ2n) is 6.12. The van der Waals surface area contributed by atoms with Gasteiger partial charge in [0.2, 0.25) is 0 Å². The predicted molar refractivity (Wildman–Crippen MR) is 71.5 cm³/mol. The molecule has 18 heavy (non-hydrogen) atoms. The highest BCUT2D eigenvalue weighted by molar-refractivity contribution is 5.91. The second kappa shape index (κ2) is 4.49. The minimum absolute atomic E-state index is 0.0676. The van der Waals surface area contributed by atoms with Gasteiger partial charge in [-0.3, -0.25) is 9.78 Å². The summed E-state index contributed by atoms with van der Waals surface area (Å²) < 4.78 is 0. The van der Waals surface area contributed by atoms with E-state index < -0.39 is 0 Å². The van der Waals surface area contributed by atoms with Gasteiger partial charge in [-0.05, 0) is 43.7 Å². The molecule has 0 aromatic carbocycles. The first-order valence-electron chi connectivity index (χ1n) is 7.19. The number of nitrogens with zero attached hydrogens (tertiary/aromatic N) is 1. The summed E-state index contributed by atoms with van der Waals surface area (Å²) >= 11 is 0. The van der Waals surface area contributed by atoms with E-state index in [1.807, 2.05) is 12.3 Å². The van der Waals surface area contributed by atoms with Crippen molar-refractivity contribution in [3.05, 3.63) is 29.6 Å². The molecular weight excluding hydrogens is 222 g/mol. The van der Waals surface area contributed by atoms with E-state index >= 15 is 0 Å². The topological polar surface area (TPSA) is 30.0 Å². The van der Waals surface area contributed by atoms with Crippen LogP contribution in [0.3, 0.4) is 0 Å². The molecule has 1 aromatic heterocycles. The Hall–Kier alpha value is -1.18. The lowest BCUT2D eigenvalue weighted by atomic mass is 9.72. The van der Waals surface area contributed by atoms with Crippen LogP contribution in [0.5, 0.6) is 0 Å². The van der Waals surface area contributed by atoms with E-state index in [0.717, 1.165) is 37.8 Å². The molecule has 1 heterocycles. The lowest BCUT2D eigenvalue weighted by Gasteiger charge is -2.30. The maximum atomic E-state index is 12.8. The summed E-state index contributed by atoms with van der Waals surface area (Å²) in [7, 11) is 0. The summed E-state index contributed by atoms with van der Waals surface area (Å²) in [5.74, 6) is 0.526. The summed E-state index contributed by atoms with van der Waals surface area (Å²) in [5.41, 5.74) is 2.29. The SMILES string of the molecule is CC1(C(=O)C2CCCc3cccnc32)CCCC1. The van der Waals surface area contributed by atoms with Gasteiger partial charge < -0.3 is 0 Å². The molecule has 2 heteroatoms. The Bertz CT molecular complexity index is 460. The summed E-state index contributed by atoms with van der Waals surface area (Å²) in [6, 6.07) is 4.13. The molecule has 0 radical (unpaired) electrons. The van der Waals surface area contributed by atoms with Crippen molar-refractivity contribution >= 4 is 5.78 Å². The second-order valence-corrected chi connectivity index (χ2v) is 6.12. The Balaban J connectivity index is 1.92. The van der Waals surface area contributed by atoms with Crippen LogP contribution in [0.1, 0.15) is 62.6 Å². The van der Waals surface area contributed by atoms with Crippen LogP contribution in [-0.4, -0.2) is 10.8 Å². The first-order valence-corrected chi connectivity index (χ1v) is 7.19. The molecule has 0 spiro atoms. The van der Waals surface area contributed by atoms with Gasteiger partial charge in [0.25, 0.3) is 0 Å². The lowest BCUT2D eigenvalue weighted by molar-refractivity contribution is -0.129. The quantitative estimate of drug-likeness (QED) is 0.793. The van der Waals surface area contributed by atoms with E-state index in [0.29, 0.717) is 5.78 Å². The van der Waals surface area contributed by atoms with Gasteiger partial charge in [0.15, 0.2) is 0 Å². The van der Waals surface area contributed by atoms with Gasteiger partial charge in [0.05, 0.1) is 11.6 Å². The van der Waals surface area contributed by atoms with Gasteiger partial charge in [-0.15, -0.1) is 0 Å². The van der Waals surface area contributed by atoms with E-state index in [9.17, 15) is 4.79 Å². The van der Waals surface area contributed by atoms with Crippen molar-refractivity contribution in [2.75, 3.05) is 0 Å². The van der Waals surface area contributed by atoms with Crippen LogP contribution in [0.4, 0.5) is 0 Å². The van der Waals surface area contributed by atoms with Crippen molar-refractivity contribution in [3.8, 4) is 0 Å². The first-order chi connectivity index (χ1) is 8.71. The highest BCUT2D eigenvalue weighted by Gasteiger charge is 2.41. The van der Waals surface area contributed by atoms with Gasteiger partial charge in [-0.1, -0.05) is 25.8 Å². The Morgan fingerprint density at radius 2 is 2.11 bits per heavy atom. The Morgan fingerprint density at radius 1 is 1.33 bits per heavy atom. The number of hydrogen-bond donors (Lipinski definition) is 0. The Kier molecular flexibility index (Phi) is 2.96. The van der Waals surface area contributed by atoms with E-state index in [4.69, 9.17) is 0 Å². The number of fused-ring (bicyclic) bond motifs is 1. The fraction of sp³-hybridized carbons (Fsp3) is 0.625. The van der Waals surface area contributed by atoms with Gasteiger partial charge in [0, 0.05) is 11.6 Å². The number of aromatic nitrogens is 1. The summed E-state index contributed by atoms with van der Waals surface area (Å²) in [5, 5.41) is 0. The first kappa shape index (κ1) is 11.9. The number of Topliss-reactive ketones (excluding diaryl/α,β-unsaturated/α-hetero) is 1. The van der Waals surface area contributed by atoms with Crippen molar-refractivity contribution in [1.29, 1.82) is 0 Å². The zero-order valence-corrected chi connectivity index (χ0v) is 11.1. The highest BCUT2D eigenvalue weighted by atomic mass is 16.1. The lowest BCUT2D eigenvalue weighted by Crippen LogP contribution is -2.32. The van der Waals surface area contributed by atoms with Gasteiger partial charge in [0.1, 0.15) is 5.78 Å². The van der Waals surface area contributed by atoms with Gasteiger partial charge >= 0.3 is 0 Å². The van der Waals surface area contributed by atoms with Crippen LogP contribution < -0.4 is 0 Å². The molecule has 96 valence electrons. The molecule has 1 saturated carbocycles. The fourth-order valence-electron chi connectivity index (χ4n) is 3.69. The maximum Gasteiger partial charge on any atom is 0.147 e. The molecule has 1 unspecified atom stereocenters. The Labute approximate surface area is 109 Å². The van der Waals surface area contributed by atoms with Crippen LogP contribution in [-0.2, 0) is 11.2 Å². The Morgan fingerprint density at radius 3 is 2.89 bits per heavy atom. The number of hydrogen-bond acceptors (Lipinski definition) is 2. The fourth-order valence-corrected chi connectivity index (χ4v) is 3.69. The molecule has 0 amide bonds. The molecule has 0 aliphatic heterocycles. The largest absolute Gasteiger partial charge is 0.298 e. The molecule has 0 saturated heterocycles. The molecular formula is C16H21NO. The maximum absolute atomic E-state index is 12.8.